The van der Waals surface area contributed by atoms with Crippen LogP contribution in [0.15, 0.2) is 0 Å². The Kier molecular flexibility index (Phi) is 3.62. The minimum atomic E-state index is -4.18. The van der Waals surface area contributed by atoms with Crippen LogP contribution in [0.5, 0.6) is 0 Å². The Balaban J connectivity index is 3.52. The van der Waals surface area contributed by atoms with Crippen molar-refractivity contribution in [1.82, 2.24) is 15.4 Å². The topological polar surface area (TPSA) is 139 Å². The zero-order valence-corrected chi connectivity index (χ0v) is 11.2. The van der Waals surface area contributed by atoms with Crippen molar-refractivity contribution < 1.29 is 26.4 Å². The van der Waals surface area contributed by atoms with Gasteiger partial charge in [0, 0.05) is 0 Å². The molecule has 0 aliphatic carbocycles. The van der Waals surface area contributed by atoms with Gasteiger partial charge in [0.1, 0.15) is 0 Å². The summed E-state index contributed by atoms with van der Waals surface area (Å²) in [6.45, 7) is 0. The van der Waals surface area contributed by atoms with Gasteiger partial charge in [0.15, 0.2) is 5.82 Å². The van der Waals surface area contributed by atoms with Crippen molar-refractivity contribution in [3.8, 4) is 0 Å². The number of sulfonamides is 2. The summed E-state index contributed by atoms with van der Waals surface area (Å²) in [6, 6.07) is 0. The lowest BCUT2D eigenvalue weighted by Crippen LogP contribution is -2.36. The van der Waals surface area contributed by atoms with Crippen molar-refractivity contribution in [3.05, 3.63) is 5.69 Å². The highest BCUT2D eigenvalue weighted by Crippen LogP contribution is 2.21. The third-order valence-corrected chi connectivity index (χ3v) is 4.89. The number of aromatic amines is 1. The summed E-state index contributed by atoms with van der Waals surface area (Å²) in [5.74, 6) is -1.61. The number of H-pyrrole nitrogens is 1. The van der Waals surface area contributed by atoms with Crippen LogP contribution in [-0.2, 0) is 24.8 Å². The molecule has 1 rings (SSSR count). The Hall–Kier alpha value is -1.69. The molecule has 1 N–H and O–H groups in total. The van der Waals surface area contributed by atoms with E-state index in [2.05, 4.69) is 15.0 Å². The van der Waals surface area contributed by atoms with Crippen LogP contribution < -0.4 is 3.71 Å². The molecule has 12 heteroatoms. The van der Waals surface area contributed by atoms with E-state index in [1.165, 1.54) is 0 Å². The van der Waals surface area contributed by atoms with Gasteiger partial charge in [0.2, 0.25) is 25.7 Å². The van der Waals surface area contributed by atoms with E-state index in [-0.39, 0.29) is 3.71 Å². The number of nitrogens with one attached hydrogen (secondary N) is 1. The molecule has 1 aromatic heterocycles. The first-order chi connectivity index (χ1) is 8.09. The van der Waals surface area contributed by atoms with Crippen molar-refractivity contribution in [3.63, 3.8) is 0 Å². The predicted molar refractivity (Wildman–Crippen MR) is 59.9 cm³/mol. The Bertz CT molecular complexity index is 628. The maximum Gasteiger partial charge on any atom is 0.362 e. The maximum absolute atomic E-state index is 11.5. The Morgan fingerprint density at radius 3 is 2.11 bits per heavy atom. The summed E-state index contributed by atoms with van der Waals surface area (Å²) in [5, 5.41) is 8.52. The average molecular weight is 298 g/mol. The van der Waals surface area contributed by atoms with Gasteiger partial charge in [-0.05, 0) is 0 Å². The van der Waals surface area contributed by atoms with E-state index < -0.39 is 37.5 Å². The van der Waals surface area contributed by atoms with Crippen molar-refractivity contribution in [2.45, 2.75) is 0 Å². The summed E-state index contributed by atoms with van der Waals surface area (Å²) < 4.78 is 50.2. The first-order valence-corrected chi connectivity index (χ1v) is 7.98. The molecule has 0 spiro atoms. The fraction of sp³-hybridized carbons (Fsp3) is 0.500. The number of hydrogen-bond donors (Lipinski definition) is 1. The van der Waals surface area contributed by atoms with E-state index in [0.29, 0.717) is 12.5 Å². The number of nitrogens with zero attached hydrogens (tertiary/aromatic N) is 3. The van der Waals surface area contributed by atoms with Crippen LogP contribution in [0.25, 0.3) is 0 Å². The monoisotopic (exact) mass is 298 g/mol. The van der Waals surface area contributed by atoms with Crippen molar-refractivity contribution in [2.75, 3.05) is 23.3 Å². The van der Waals surface area contributed by atoms with Gasteiger partial charge in [-0.25, -0.2) is 26.7 Å². The van der Waals surface area contributed by atoms with Crippen molar-refractivity contribution >= 4 is 31.8 Å². The lowest BCUT2D eigenvalue weighted by molar-refractivity contribution is 0.0595. The molecule has 102 valence electrons. The third-order valence-electron chi connectivity index (χ3n) is 1.69. The standard InChI is InChI=1S/C6H10N4O6S2/c1-16-6(11)4-5(8-9-7-4)10(17(2,12)13)18(3,14)15/h1-3H3,(H,7,8,9). The highest BCUT2D eigenvalue weighted by atomic mass is 32.3. The highest BCUT2D eigenvalue weighted by molar-refractivity contribution is 8.09. The first kappa shape index (κ1) is 14.4. The molecule has 0 saturated heterocycles. The van der Waals surface area contributed by atoms with Crippen LogP contribution in [0.3, 0.4) is 0 Å². The van der Waals surface area contributed by atoms with Gasteiger partial charge in [-0.3, -0.25) is 0 Å². The van der Waals surface area contributed by atoms with Crippen LogP contribution in [0.1, 0.15) is 10.5 Å². The summed E-state index contributed by atoms with van der Waals surface area (Å²) >= 11 is 0. The Labute approximate surface area is 103 Å². The van der Waals surface area contributed by atoms with Crippen LogP contribution in [0.4, 0.5) is 5.82 Å². The lowest BCUT2D eigenvalue weighted by Gasteiger charge is -2.17. The third kappa shape index (κ3) is 2.76. The van der Waals surface area contributed by atoms with Gasteiger partial charge in [-0.1, -0.05) is 5.21 Å². The molecule has 0 aliphatic rings. The predicted octanol–water partition coefficient (Wildman–Crippen LogP) is -1.68. The number of rotatable bonds is 4. The van der Waals surface area contributed by atoms with E-state index in [9.17, 15) is 21.6 Å². The van der Waals surface area contributed by atoms with E-state index in [1.807, 2.05) is 5.10 Å². The van der Waals surface area contributed by atoms with E-state index in [0.717, 1.165) is 7.11 Å². The van der Waals surface area contributed by atoms with Gasteiger partial charge in [0.25, 0.3) is 0 Å². The zero-order valence-electron chi connectivity index (χ0n) is 9.61. The number of aromatic nitrogens is 3. The minimum Gasteiger partial charge on any atom is -0.464 e. The second kappa shape index (κ2) is 4.53. The molecule has 0 unspecified atom stereocenters. The molecule has 0 aliphatic heterocycles. The van der Waals surface area contributed by atoms with Crippen LogP contribution >= 0.6 is 0 Å². The van der Waals surface area contributed by atoms with Gasteiger partial charge >= 0.3 is 5.97 Å². The quantitative estimate of drug-likeness (QED) is 0.650. The first-order valence-electron chi connectivity index (χ1n) is 4.29. The van der Waals surface area contributed by atoms with Crippen LogP contribution in [0.2, 0.25) is 0 Å². The van der Waals surface area contributed by atoms with Gasteiger partial charge < -0.3 is 4.74 Å². The normalized spacial score (nSPS) is 12.2. The fourth-order valence-electron chi connectivity index (χ4n) is 1.16. The largest absolute Gasteiger partial charge is 0.464 e. The summed E-state index contributed by atoms with van der Waals surface area (Å²) in [7, 11) is -7.33. The van der Waals surface area contributed by atoms with Crippen LogP contribution in [0, 0.1) is 0 Å². The second-order valence-corrected chi connectivity index (χ2v) is 7.12. The molecule has 0 fully saturated rings. The summed E-state index contributed by atoms with van der Waals surface area (Å²) in [5.41, 5.74) is -0.548. The SMILES string of the molecule is COC(=O)c1nn[nH]c1N(S(C)(=O)=O)S(C)(=O)=O. The number of esters is 1. The molecular formula is C6H10N4O6S2. The number of carbonyl (C=O) groups excluding carboxylic acids is 1. The van der Waals surface area contributed by atoms with Crippen molar-refractivity contribution in [1.29, 1.82) is 0 Å². The molecule has 0 atom stereocenters. The molecular weight excluding hydrogens is 288 g/mol. The van der Waals surface area contributed by atoms with Gasteiger partial charge in [-0.2, -0.15) is 0 Å². The van der Waals surface area contributed by atoms with Crippen LogP contribution in [-0.4, -0.2) is 57.8 Å². The molecule has 0 amide bonds. The van der Waals surface area contributed by atoms with E-state index in [4.69, 9.17) is 0 Å². The second-order valence-electron chi connectivity index (χ2n) is 3.22. The number of anilines is 1. The Morgan fingerprint density at radius 2 is 1.72 bits per heavy atom. The molecule has 0 bridgehead atoms. The number of carbonyl (C=O) groups is 1. The number of methoxy groups -OCH3 is 1. The number of ether oxygens (including phenoxy) is 1. The molecule has 0 radical (unpaired) electrons. The molecule has 0 saturated carbocycles. The fourth-order valence-corrected chi connectivity index (χ4v) is 4.05. The molecule has 0 aromatic carbocycles. The molecule has 1 aromatic rings. The van der Waals surface area contributed by atoms with Crippen molar-refractivity contribution in [2.24, 2.45) is 0 Å². The molecule has 1 heterocycles. The number of hydrogen-bond acceptors (Lipinski definition) is 8. The average Bonchev–Trinajstić information content (AvgIpc) is 2.60. The van der Waals surface area contributed by atoms with E-state index in [1.54, 1.807) is 0 Å². The van der Waals surface area contributed by atoms with E-state index >= 15 is 0 Å². The van der Waals surface area contributed by atoms with Gasteiger partial charge in [-0.15, -0.1) is 8.81 Å². The Morgan fingerprint density at radius 1 is 1.22 bits per heavy atom. The maximum atomic E-state index is 11.5. The lowest BCUT2D eigenvalue weighted by atomic mass is 10.4. The van der Waals surface area contributed by atoms with Gasteiger partial charge in [0.05, 0.1) is 19.6 Å². The summed E-state index contributed by atoms with van der Waals surface area (Å²) in [6.07, 6.45) is 1.33. The minimum absolute atomic E-state index is 0.0201. The zero-order chi connectivity index (χ0) is 14.1. The highest BCUT2D eigenvalue weighted by Gasteiger charge is 2.34. The molecule has 18 heavy (non-hydrogen) atoms. The smallest absolute Gasteiger partial charge is 0.362 e. The molecule has 10 nitrogen and oxygen atoms in total. The summed E-state index contributed by atoms with van der Waals surface area (Å²) in [4.78, 5) is 11.3.